The van der Waals surface area contributed by atoms with E-state index in [-0.39, 0.29) is 11.7 Å². The molecule has 0 aromatic carbocycles. The van der Waals surface area contributed by atoms with E-state index >= 15 is 0 Å². The van der Waals surface area contributed by atoms with Crippen molar-refractivity contribution in [2.45, 2.75) is 25.7 Å². The van der Waals surface area contributed by atoms with E-state index in [1.54, 1.807) is 12.3 Å². The number of nitrogens with one attached hydrogen (secondary N) is 1. The predicted molar refractivity (Wildman–Crippen MR) is 86.1 cm³/mol. The number of carbonyl (C=O) groups is 2. The molecule has 1 unspecified atom stereocenters. The summed E-state index contributed by atoms with van der Waals surface area (Å²) in [5.41, 5.74) is 5.22. The summed E-state index contributed by atoms with van der Waals surface area (Å²) in [5, 5.41) is 3.31. The van der Waals surface area contributed by atoms with Crippen molar-refractivity contribution in [3.8, 4) is 0 Å². The number of anilines is 1. The number of piperidine rings is 1. The molecule has 0 bridgehead atoms. The Morgan fingerprint density at radius 2 is 2.09 bits per heavy atom. The lowest BCUT2D eigenvalue weighted by molar-refractivity contribution is -0.124. The lowest BCUT2D eigenvalue weighted by Gasteiger charge is -2.32. The van der Waals surface area contributed by atoms with Crippen LogP contribution >= 0.6 is 0 Å². The van der Waals surface area contributed by atoms with Gasteiger partial charge in [0.05, 0.1) is 0 Å². The van der Waals surface area contributed by atoms with Gasteiger partial charge < -0.3 is 16.0 Å². The van der Waals surface area contributed by atoms with Crippen LogP contribution in [0, 0.1) is 11.8 Å². The van der Waals surface area contributed by atoms with Gasteiger partial charge in [0.2, 0.25) is 5.82 Å². The molecule has 0 aliphatic carbocycles. The Kier molecular flexibility index (Phi) is 4.85. The van der Waals surface area contributed by atoms with Gasteiger partial charge in [-0.3, -0.25) is 9.59 Å². The Balaban J connectivity index is 1.54. The zero-order valence-electron chi connectivity index (χ0n) is 13.2. The highest BCUT2D eigenvalue weighted by molar-refractivity contribution is 5.89. The lowest BCUT2D eigenvalue weighted by Crippen LogP contribution is -2.37. The van der Waals surface area contributed by atoms with Gasteiger partial charge in [-0.25, -0.2) is 9.97 Å². The van der Waals surface area contributed by atoms with Gasteiger partial charge in [0.1, 0.15) is 11.6 Å². The van der Waals surface area contributed by atoms with Gasteiger partial charge in [-0.2, -0.15) is 0 Å². The third-order valence-corrected chi connectivity index (χ3v) is 4.79. The van der Waals surface area contributed by atoms with Crippen molar-refractivity contribution in [1.29, 1.82) is 0 Å². The third kappa shape index (κ3) is 3.85. The Morgan fingerprint density at radius 3 is 2.74 bits per heavy atom. The highest BCUT2D eigenvalue weighted by Crippen LogP contribution is 2.25. The molecule has 7 heteroatoms. The van der Waals surface area contributed by atoms with E-state index in [1.807, 2.05) is 0 Å². The van der Waals surface area contributed by atoms with Crippen LogP contribution in [-0.4, -0.2) is 47.8 Å². The van der Waals surface area contributed by atoms with Crippen LogP contribution in [0.2, 0.25) is 0 Å². The normalized spacial score (nSPS) is 22.3. The largest absolute Gasteiger partial charge is 0.363 e. The molecule has 0 radical (unpaired) electrons. The summed E-state index contributed by atoms with van der Waals surface area (Å²) < 4.78 is 0. The Hall–Kier alpha value is -2.02. The SMILES string of the molecule is NC(=O)c1nccc(N2CCC(C(=O)CC3CCNC3)CC2)n1. The second kappa shape index (κ2) is 7.04. The van der Waals surface area contributed by atoms with Crippen molar-refractivity contribution >= 4 is 17.5 Å². The van der Waals surface area contributed by atoms with Crippen molar-refractivity contribution in [2.24, 2.45) is 17.6 Å². The molecule has 3 N–H and O–H groups in total. The average molecular weight is 317 g/mol. The van der Waals surface area contributed by atoms with Crippen LogP contribution in [0.4, 0.5) is 5.82 Å². The molecule has 2 aliphatic heterocycles. The molecule has 1 aromatic heterocycles. The number of primary amides is 1. The van der Waals surface area contributed by atoms with Gasteiger partial charge in [0, 0.05) is 31.6 Å². The van der Waals surface area contributed by atoms with E-state index in [9.17, 15) is 9.59 Å². The quantitative estimate of drug-likeness (QED) is 0.813. The topological polar surface area (TPSA) is 101 Å². The summed E-state index contributed by atoms with van der Waals surface area (Å²) >= 11 is 0. The first-order valence-electron chi connectivity index (χ1n) is 8.24. The summed E-state index contributed by atoms with van der Waals surface area (Å²) in [5.74, 6) is 1.19. The monoisotopic (exact) mass is 317 g/mol. The lowest BCUT2D eigenvalue weighted by atomic mass is 9.87. The molecule has 1 atom stereocenters. The third-order valence-electron chi connectivity index (χ3n) is 4.79. The highest BCUT2D eigenvalue weighted by atomic mass is 16.1. The van der Waals surface area contributed by atoms with Gasteiger partial charge in [-0.1, -0.05) is 0 Å². The van der Waals surface area contributed by atoms with E-state index in [2.05, 4.69) is 20.2 Å². The molecule has 2 aliphatic rings. The number of hydrogen-bond donors (Lipinski definition) is 2. The first kappa shape index (κ1) is 15.9. The molecule has 124 valence electrons. The number of ketones is 1. The molecule has 1 aromatic rings. The van der Waals surface area contributed by atoms with Crippen LogP contribution in [0.5, 0.6) is 0 Å². The number of carbonyl (C=O) groups excluding carboxylic acids is 2. The molecule has 7 nitrogen and oxygen atoms in total. The number of nitrogens with two attached hydrogens (primary N) is 1. The van der Waals surface area contributed by atoms with Crippen LogP contribution in [-0.2, 0) is 4.79 Å². The maximum Gasteiger partial charge on any atom is 0.286 e. The maximum atomic E-state index is 12.4. The van der Waals surface area contributed by atoms with Crippen LogP contribution in [0.1, 0.15) is 36.3 Å². The summed E-state index contributed by atoms with van der Waals surface area (Å²) in [6, 6.07) is 1.78. The number of rotatable bonds is 5. The summed E-state index contributed by atoms with van der Waals surface area (Å²) in [6.07, 6.45) is 5.05. The van der Waals surface area contributed by atoms with Crippen molar-refractivity contribution in [3.05, 3.63) is 18.1 Å². The van der Waals surface area contributed by atoms with E-state index in [0.29, 0.717) is 23.9 Å². The molecule has 23 heavy (non-hydrogen) atoms. The second-order valence-corrected chi connectivity index (χ2v) is 6.39. The molecular formula is C16H23N5O2. The number of aromatic nitrogens is 2. The molecule has 2 saturated heterocycles. The Labute approximate surface area is 135 Å². The molecular weight excluding hydrogens is 294 g/mol. The first-order valence-corrected chi connectivity index (χ1v) is 8.24. The summed E-state index contributed by atoms with van der Waals surface area (Å²) in [7, 11) is 0. The standard InChI is InChI=1S/C16H23N5O2/c17-15(23)16-19-6-2-14(20-16)21-7-3-12(4-8-21)13(22)9-11-1-5-18-10-11/h2,6,11-12,18H,1,3-5,7-10H2,(H2,17,23). The minimum atomic E-state index is -0.623. The highest BCUT2D eigenvalue weighted by Gasteiger charge is 2.28. The van der Waals surface area contributed by atoms with Crippen LogP contribution in [0.3, 0.4) is 0 Å². The van der Waals surface area contributed by atoms with E-state index in [0.717, 1.165) is 45.4 Å². The van der Waals surface area contributed by atoms with Crippen molar-refractivity contribution in [3.63, 3.8) is 0 Å². The number of amides is 1. The van der Waals surface area contributed by atoms with E-state index < -0.39 is 5.91 Å². The maximum absolute atomic E-state index is 12.4. The minimum Gasteiger partial charge on any atom is -0.363 e. The fourth-order valence-corrected chi connectivity index (χ4v) is 3.41. The minimum absolute atomic E-state index is 0.0365. The fourth-order valence-electron chi connectivity index (χ4n) is 3.41. The Bertz CT molecular complexity index is 578. The average Bonchev–Trinajstić information content (AvgIpc) is 3.08. The summed E-state index contributed by atoms with van der Waals surface area (Å²) in [4.78, 5) is 33.7. The van der Waals surface area contributed by atoms with Gasteiger partial charge in [-0.15, -0.1) is 0 Å². The van der Waals surface area contributed by atoms with Crippen LogP contribution in [0.25, 0.3) is 0 Å². The molecule has 3 rings (SSSR count). The van der Waals surface area contributed by atoms with Gasteiger partial charge in [0.25, 0.3) is 5.91 Å². The van der Waals surface area contributed by atoms with E-state index in [1.165, 1.54) is 0 Å². The Morgan fingerprint density at radius 1 is 1.30 bits per heavy atom. The zero-order chi connectivity index (χ0) is 16.2. The molecule has 1 amide bonds. The molecule has 0 spiro atoms. The number of nitrogens with zero attached hydrogens (tertiary/aromatic N) is 3. The van der Waals surface area contributed by atoms with E-state index in [4.69, 9.17) is 5.73 Å². The smallest absolute Gasteiger partial charge is 0.286 e. The molecule has 2 fully saturated rings. The second-order valence-electron chi connectivity index (χ2n) is 6.39. The van der Waals surface area contributed by atoms with Gasteiger partial charge in [0.15, 0.2) is 0 Å². The van der Waals surface area contributed by atoms with Crippen LogP contribution < -0.4 is 16.0 Å². The molecule has 3 heterocycles. The van der Waals surface area contributed by atoms with Crippen molar-refractivity contribution < 1.29 is 9.59 Å². The van der Waals surface area contributed by atoms with Crippen molar-refractivity contribution in [1.82, 2.24) is 15.3 Å². The first-order chi connectivity index (χ1) is 11.1. The zero-order valence-corrected chi connectivity index (χ0v) is 13.2. The van der Waals surface area contributed by atoms with Gasteiger partial charge in [-0.05, 0) is 44.3 Å². The summed E-state index contributed by atoms with van der Waals surface area (Å²) in [6.45, 7) is 3.55. The van der Waals surface area contributed by atoms with Crippen molar-refractivity contribution in [2.75, 3.05) is 31.1 Å². The number of Topliss-reactive ketones (excluding diaryl/α,β-unsaturated/α-hetero) is 1. The predicted octanol–water partition coefficient (Wildman–Crippen LogP) is 0.361. The molecule has 0 saturated carbocycles. The van der Waals surface area contributed by atoms with Crippen LogP contribution in [0.15, 0.2) is 12.3 Å². The van der Waals surface area contributed by atoms with Gasteiger partial charge >= 0.3 is 0 Å². The fraction of sp³-hybridized carbons (Fsp3) is 0.625. The number of hydrogen-bond acceptors (Lipinski definition) is 6.